The molecule has 1 aromatic heterocycles. The summed E-state index contributed by atoms with van der Waals surface area (Å²) >= 11 is 1.31. The Bertz CT molecular complexity index is 450. The molecule has 0 bridgehead atoms. The maximum absolute atomic E-state index is 11.7. The molecule has 0 aliphatic rings. The zero-order chi connectivity index (χ0) is 13.5. The number of nitrogens with one attached hydrogen (secondary N) is 2. The van der Waals surface area contributed by atoms with Gasteiger partial charge in [-0.1, -0.05) is 13.0 Å². The molecular weight excluding hydrogens is 250 g/mol. The molecule has 2 N–H and O–H groups in total. The van der Waals surface area contributed by atoms with E-state index in [4.69, 9.17) is 5.26 Å². The lowest BCUT2D eigenvalue weighted by atomic mass is 10.2. The number of amides is 2. The highest BCUT2D eigenvalue weighted by atomic mass is 32.1. The average molecular weight is 265 g/mol. The molecule has 0 unspecified atom stereocenters. The first kappa shape index (κ1) is 14.2. The minimum absolute atomic E-state index is 0.280. The molecule has 0 fully saturated rings. The number of rotatable bonds is 5. The summed E-state index contributed by atoms with van der Waals surface area (Å²) in [4.78, 5) is 24.0. The highest BCUT2D eigenvalue weighted by Crippen LogP contribution is 2.08. The van der Waals surface area contributed by atoms with Crippen LogP contribution in [0.4, 0.5) is 0 Å². The third-order valence-electron chi connectivity index (χ3n) is 2.37. The Labute approximate surface area is 110 Å². The highest BCUT2D eigenvalue weighted by Gasteiger charge is 2.19. The van der Waals surface area contributed by atoms with Crippen LogP contribution in [-0.4, -0.2) is 23.9 Å². The van der Waals surface area contributed by atoms with Crippen molar-refractivity contribution in [3.05, 3.63) is 22.4 Å². The van der Waals surface area contributed by atoms with E-state index in [-0.39, 0.29) is 11.8 Å². The largest absolute Gasteiger partial charge is 0.340 e. The van der Waals surface area contributed by atoms with Crippen molar-refractivity contribution in [3.63, 3.8) is 0 Å². The molecule has 1 rings (SSSR count). The molecule has 0 aliphatic heterocycles. The second-order valence-corrected chi connectivity index (χ2v) is 4.72. The van der Waals surface area contributed by atoms with Gasteiger partial charge in [-0.3, -0.25) is 9.59 Å². The van der Waals surface area contributed by atoms with E-state index in [1.165, 1.54) is 11.3 Å². The second-order valence-electron chi connectivity index (χ2n) is 3.77. The lowest BCUT2D eigenvalue weighted by molar-refractivity contribution is -0.122. The summed E-state index contributed by atoms with van der Waals surface area (Å²) in [5.41, 5.74) is 0. The van der Waals surface area contributed by atoms with Crippen LogP contribution in [0.1, 0.15) is 29.9 Å². The van der Waals surface area contributed by atoms with E-state index in [1.807, 2.05) is 13.0 Å². The van der Waals surface area contributed by atoms with Crippen molar-refractivity contribution in [1.82, 2.24) is 10.6 Å². The molecule has 2 atom stereocenters. The van der Waals surface area contributed by atoms with Crippen LogP contribution in [0, 0.1) is 11.3 Å². The third-order valence-corrected chi connectivity index (χ3v) is 3.24. The van der Waals surface area contributed by atoms with Crippen molar-refractivity contribution in [3.8, 4) is 6.07 Å². The molecule has 0 radical (unpaired) electrons. The van der Waals surface area contributed by atoms with E-state index in [2.05, 4.69) is 10.6 Å². The van der Waals surface area contributed by atoms with Crippen molar-refractivity contribution >= 4 is 23.2 Å². The zero-order valence-corrected chi connectivity index (χ0v) is 11.1. The van der Waals surface area contributed by atoms with Crippen LogP contribution in [0.25, 0.3) is 0 Å². The third kappa shape index (κ3) is 3.86. The summed E-state index contributed by atoms with van der Waals surface area (Å²) in [6, 6.07) is 4.26. The molecule has 0 saturated heterocycles. The van der Waals surface area contributed by atoms with Gasteiger partial charge in [0.1, 0.15) is 12.1 Å². The van der Waals surface area contributed by atoms with Gasteiger partial charge in [-0.05, 0) is 24.8 Å². The van der Waals surface area contributed by atoms with Gasteiger partial charge in [-0.25, -0.2) is 0 Å². The summed E-state index contributed by atoms with van der Waals surface area (Å²) in [6.45, 7) is 3.40. The SMILES string of the molecule is CC[C@@H](C#N)NC(=O)[C@H](C)NC(=O)c1cccs1. The fourth-order valence-electron chi connectivity index (χ4n) is 1.26. The smallest absolute Gasteiger partial charge is 0.261 e. The van der Waals surface area contributed by atoms with Crippen molar-refractivity contribution in [1.29, 1.82) is 5.26 Å². The van der Waals surface area contributed by atoms with E-state index in [0.29, 0.717) is 11.3 Å². The normalized spacial score (nSPS) is 13.2. The summed E-state index contributed by atoms with van der Waals surface area (Å²) in [6.07, 6.45) is 0.536. The predicted octanol–water partition coefficient (Wildman–Crippen LogP) is 1.28. The van der Waals surface area contributed by atoms with Crippen molar-refractivity contribution in [2.24, 2.45) is 0 Å². The van der Waals surface area contributed by atoms with Gasteiger partial charge in [-0.2, -0.15) is 5.26 Å². The Morgan fingerprint density at radius 1 is 1.50 bits per heavy atom. The minimum Gasteiger partial charge on any atom is -0.340 e. The number of nitrogens with zero attached hydrogens (tertiary/aromatic N) is 1. The summed E-state index contributed by atoms with van der Waals surface area (Å²) in [5.74, 6) is -0.633. The lowest BCUT2D eigenvalue weighted by Gasteiger charge is -2.15. The minimum atomic E-state index is -0.665. The number of hydrogen-bond acceptors (Lipinski definition) is 4. The number of carbonyl (C=O) groups is 2. The quantitative estimate of drug-likeness (QED) is 0.841. The van der Waals surface area contributed by atoms with Crippen LogP contribution in [-0.2, 0) is 4.79 Å². The molecule has 6 heteroatoms. The fraction of sp³-hybridized carbons (Fsp3) is 0.417. The number of hydrogen-bond donors (Lipinski definition) is 2. The molecule has 1 heterocycles. The maximum atomic E-state index is 11.7. The van der Waals surface area contributed by atoms with Gasteiger partial charge < -0.3 is 10.6 Å². The molecule has 0 aliphatic carbocycles. The first-order valence-corrected chi connectivity index (χ1v) is 6.50. The van der Waals surface area contributed by atoms with Crippen LogP contribution in [0.2, 0.25) is 0 Å². The molecule has 2 amide bonds. The lowest BCUT2D eigenvalue weighted by Crippen LogP contribution is -2.47. The molecule has 5 nitrogen and oxygen atoms in total. The van der Waals surface area contributed by atoms with E-state index >= 15 is 0 Å². The number of thiophene rings is 1. The van der Waals surface area contributed by atoms with Gasteiger partial charge in [0, 0.05) is 0 Å². The molecule has 0 saturated carbocycles. The first-order valence-electron chi connectivity index (χ1n) is 5.62. The van der Waals surface area contributed by atoms with E-state index < -0.39 is 12.1 Å². The number of carbonyl (C=O) groups excluding carboxylic acids is 2. The van der Waals surface area contributed by atoms with Crippen LogP contribution >= 0.6 is 11.3 Å². The van der Waals surface area contributed by atoms with Crippen LogP contribution < -0.4 is 10.6 Å². The predicted molar refractivity (Wildman–Crippen MR) is 69.1 cm³/mol. The van der Waals surface area contributed by atoms with Gasteiger partial charge >= 0.3 is 0 Å². The van der Waals surface area contributed by atoms with Crippen molar-refractivity contribution < 1.29 is 9.59 Å². The van der Waals surface area contributed by atoms with Gasteiger partial charge in [0.05, 0.1) is 10.9 Å². The Balaban J connectivity index is 2.50. The highest BCUT2D eigenvalue weighted by molar-refractivity contribution is 7.12. The number of nitriles is 1. The van der Waals surface area contributed by atoms with Gasteiger partial charge in [0.15, 0.2) is 0 Å². The fourth-order valence-corrected chi connectivity index (χ4v) is 1.89. The second kappa shape index (κ2) is 6.77. The van der Waals surface area contributed by atoms with E-state index in [1.54, 1.807) is 24.4 Å². The van der Waals surface area contributed by atoms with Crippen molar-refractivity contribution in [2.45, 2.75) is 32.4 Å². The molecular formula is C12H15N3O2S. The maximum Gasteiger partial charge on any atom is 0.261 e. The summed E-state index contributed by atoms with van der Waals surface area (Å²) in [5, 5.41) is 15.7. The van der Waals surface area contributed by atoms with Crippen LogP contribution in [0.3, 0.4) is 0 Å². The van der Waals surface area contributed by atoms with E-state index in [0.717, 1.165) is 0 Å². The van der Waals surface area contributed by atoms with Gasteiger partial charge in [0.25, 0.3) is 5.91 Å². The van der Waals surface area contributed by atoms with Gasteiger partial charge in [0.2, 0.25) is 5.91 Å². The molecule has 0 spiro atoms. The molecule has 1 aromatic rings. The standard InChI is InChI=1S/C12H15N3O2S/c1-3-9(7-13)15-11(16)8(2)14-12(17)10-5-4-6-18-10/h4-6,8-9H,3H2,1-2H3,(H,14,17)(H,15,16)/t8-,9-/m0/s1. The Morgan fingerprint density at radius 2 is 2.22 bits per heavy atom. The first-order chi connectivity index (χ1) is 8.58. The zero-order valence-electron chi connectivity index (χ0n) is 10.3. The van der Waals surface area contributed by atoms with E-state index in [9.17, 15) is 9.59 Å². The van der Waals surface area contributed by atoms with Crippen LogP contribution in [0.15, 0.2) is 17.5 Å². The topological polar surface area (TPSA) is 82.0 Å². The van der Waals surface area contributed by atoms with Crippen LogP contribution in [0.5, 0.6) is 0 Å². The molecule has 0 aromatic carbocycles. The monoisotopic (exact) mass is 265 g/mol. The Morgan fingerprint density at radius 3 is 2.72 bits per heavy atom. The summed E-state index contributed by atoms with van der Waals surface area (Å²) in [7, 11) is 0. The summed E-state index contributed by atoms with van der Waals surface area (Å²) < 4.78 is 0. The average Bonchev–Trinajstić information content (AvgIpc) is 2.89. The van der Waals surface area contributed by atoms with Gasteiger partial charge in [-0.15, -0.1) is 11.3 Å². The molecule has 18 heavy (non-hydrogen) atoms. The molecule has 96 valence electrons. The Kier molecular flexibility index (Phi) is 5.33. The van der Waals surface area contributed by atoms with Crippen molar-refractivity contribution in [2.75, 3.05) is 0 Å². The Hall–Kier alpha value is -1.87.